The molecule has 0 saturated heterocycles. The predicted octanol–water partition coefficient (Wildman–Crippen LogP) is 5.43. The number of hydrogen-bond acceptors (Lipinski definition) is 4. The van der Waals surface area contributed by atoms with Gasteiger partial charge in [0.15, 0.2) is 11.6 Å². The molecule has 8 heteroatoms. The lowest BCUT2D eigenvalue weighted by Crippen LogP contribution is -2.22. The van der Waals surface area contributed by atoms with Crippen LogP contribution in [0.2, 0.25) is 5.02 Å². The fourth-order valence-corrected chi connectivity index (χ4v) is 4.30. The van der Waals surface area contributed by atoms with E-state index < -0.39 is 11.6 Å². The maximum Gasteiger partial charge on any atom is 0.260 e. The molecule has 4 aromatic rings. The Kier molecular flexibility index (Phi) is 5.45. The van der Waals surface area contributed by atoms with Gasteiger partial charge in [0, 0.05) is 27.6 Å². The Balaban J connectivity index is 1.59. The van der Waals surface area contributed by atoms with Gasteiger partial charge in [-0.2, -0.15) is 0 Å². The molecule has 0 aliphatic carbocycles. The Labute approximate surface area is 174 Å². The smallest absolute Gasteiger partial charge is 0.260 e. The van der Waals surface area contributed by atoms with Crippen molar-refractivity contribution in [2.75, 3.05) is 0 Å². The van der Waals surface area contributed by atoms with Crippen molar-refractivity contribution in [3.63, 3.8) is 0 Å². The van der Waals surface area contributed by atoms with Gasteiger partial charge in [-0.05, 0) is 30.7 Å². The Bertz CT molecular complexity index is 1250. The summed E-state index contributed by atoms with van der Waals surface area (Å²) in [4.78, 5) is 20.7. The summed E-state index contributed by atoms with van der Waals surface area (Å²) in [6.07, 6.45) is 0. The molecule has 148 valence electrons. The van der Waals surface area contributed by atoms with Gasteiger partial charge in [0.1, 0.15) is 10.7 Å². The molecule has 2 aromatic heterocycles. The molecule has 1 unspecified atom stereocenters. The second-order valence-corrected chi connectivity index (χ2v) is 7.86. The van der Waals surface area contributed by atoms with Gasteiger partial charge in [-0.25, -0.2) is 13.8 Å². The molecule has 4 rings (SSSR count). The average molecular weight is 432 g/mol. The van der Waals surface area contributed by atoms with Crippen LogP contribution in [0.5, 0.6) is 0 Å². The van der Waals surface area contributed by atoms with Gasteiger partial charge < -0.3 is 10.3 Å². The molecule has 0 spiro atoms. The zero-order chi connectivity index (χ0) is 20.5. The molecule has 0 radical (unpaired) electrons. The van der Waals surface area contributed by atoms with E-state index in [9.17, 15) is 13.6 Å². The molecule has 0 bridgehead atoms. The Hall–Kier alpha value is -2.61. The maximum atomic E-state index is 13.4. The first-order valence-electron chi connectivity index (χ1n) is 8.87. The molecule has 0 fully saturated rings. The molecular formula is C21H16ClF2N3OS. The summed E-state index contributed by atoms with van der Waals surface area (Å²) in [5, 5.41) is 6.10. The van der Waals surface area contributed by atoms with Gasteiger partial charge in [0.2, 0.25) is 0 Å². The highest BCUT2D eigenvalue weighted by Crippen LogP contribution is 2.34. The standard InChI is InChI=1S/C21H16ClF2N3OS/c1-11(12-6-7-16(23)17(24)8-12)25-9-18-26-20(28)19-14(10-29-21(19)27-18)13-4-2-3-5-15(13)22/h2-8,10-11,25H,9H2,1H3,(H,26,27,28). The summed E-state index contributed by atoms with van der Waals surface area (Å²) >= 11 is 7.65. The van der Waals surface area contributed by atoms with Crippen LogP contribution in [0.1, 0.15) is 24.4 Å². The third kappa shape index (κ3) is 3.94. The van der Waals surface area contributed by atoms with E-state index in [1.807, 2.05) is 30.5 Å². The Morgan fingerprint density at radius 2 is 1.97 bits per heavy atom. The SMILES string of the molecule is CC(NCc1nc2scc(-c3ccccc3Cl)c2c(=O)[nH]1)c1ccc(F)c(F)c1. The quantitative estimate of drug-likeness (QED) is 0.442. The number of benzene rings is 2. The highest BCUT2D eigenvalue weighted by molar-refractivity contribution is 7.17. The fourth-order valence-electron chi connectivity index (χ4n) is 3.10. The normalized spacial score (nSPS) is 12.4. The minimum atomic E-state index is -0.894. The van der Waals surface area contributed by atoms with Gasteiger partial charge >= 0.3 is 0 Å². The lowest BCUT2D eigenvalue weighted by molar-refractivity contribution is 0.499. The van der Waals surface area contributed by atoms with Crippen LogP contribution in [0.25, 0.3) is 21.3 Å². The number of hydrogen-bond donors (Lipinski definition) is 2. The largest absolute Gasteiger partial charge is 0.309 e. The van der Waals surface area contributed by atoms with Gasteiger partial charge in [-0.3, -0.25) is 4.79 Å². The first-order chi connectivity index (χ1) is 13.9. The Morgan fingerprint density at radius 1 is 1.17 bits per heavy atom. The second kappa shape index (κ2) is 8.02. The van der Waals surface area contributed by atoms with Crippen LogP contribution >= 0.6 is 22.9 Å². The molecule has 2 aromatic carbocycles. The van der Waals surface area contributed by atoms with Crippen molar-refractivity contribution in [1.82, 2.24) is 15.3 Å². The third-order valence-electron chi connectivity index (χ3n) is 4.68. The first-order valence-corrected chi connectivity index (χ1v) is 10.1. The van der Waals surface area contributed by atoms with Crippen molar-refractivity contribution in [1.29, 1.82) is 0 Å². The molecule has 4 nitrogen and oxygen atoms in total. The van der Waals surface area contributed by atoms with Crippen LogP contribution in [0, 0.1) is 11.6 Å². The topological polar surface area (TPSA) is 57.8 Å². The van der Waals surface area contributed by atoms with Crippen LogP contribution in [-0.4, -0.2) is 9.97 Å². The number of nitrogens with zero attached hydrogens (tertiary/aromatic N) is 1. The van der Waals surface area contributed by atoms with E-state index >= 15 is 0 Å². The summed E-state index contributed by atoms with van der Waals surface area (Å²) in [6.45, 7) is 2.09. The van der Waals surface area contributed by atoms with Crippen molar-refractivity contribution in [2.24, 2.45) is 0 Å². The van der Waals surface area contributed by atoms with Gasteiger partial charge in [0.05, 0.1) is 11.9 Å². The third-order valence-corrected chi connectivity index (χ3v) is 5.88. The number of aromatic nitrogens is 2. The monoisotopic (exact) mass is 431 g/mol. The van der Waals surface area contributed by atoms with Crippen molar-refractivity contribution in [2.45, 2.75) is 19.5 Å². The van der Waals surface area contributed by atoms with E-state index in [0.717, 1.165) is 23.3 Å². The summed E-state index contributed by atoms with van der Waals surface area (Å²) < 4.78 is 26.5. The van der Waals surface area contributed by atoms with E-state index in [1.54, 1.807) is 6.07 Å². The molecule has 0 aliphatic rings. The van der Waals surface area contributed by atoms with E-state index in [2.05, 4.69) is 15.3 Å². The van der Waals surface area contributed by atoms with Gasteiger partial charge in [-0.15, -0.1) is 11.3 Å². The average Bonchev–Trinajstić information content (AvgIpc) is 3.13. The molecular weight excluding hydrogens is 416 g/mol. The summed E-state index contributed by atoms with van der Waals surface area (Å²) in [5.74, 6) is -1.32. The number of fused-ring (bicyclic) bond motifs is 1. The molecule has 0 aliphatic heterocycles. The zero-order valence-electron chi connectivity index (χ0n) is 15.3. The lowest BCUT2D eigenvalue weighted by atomic mass is 10.1. The number of nitrogens with one attached hydrogen (secondary N) is 2. The van der Waals surface area contributed by atoms with Crippen molar-refractivity contribution < 1.29 is 8.78 Å². The molecule has 29 heavy (non-hydrogen) atoms. The van der Waals surface area contributed by atoms with E-state index in [0.29, 0.717) is 26.6 Å². The van der Waals surface area contributed by atoms with Crippen LogP contribution in [0.15, 0.2) is 52.6 Å². The van der Waals surface area contributed by atoms with E-state index in [4.69, 9.17) is 11.6 Å². The summed E-state index contributed by atoms with van der Waals surface area (Å²) in [7, 11) is 0. The zero-order valence-corrected chi connectivity index (χ0v) is 16.9. The molecule has 0 amide bonds. The summed E-state index contributed by atoms with van der Waals surface area (Å²) in [6, 6.07) is 10.9. The number of H-pyrrole nitrogens is 1. The highest BCUT2D eigenvalue weighted by Gasteiger charge is 2.15. The van der Waals surface area contributed by atoms with E-state index in [1.165, 1.54) is 17.4 Å². The highest BCUT2D eigenvalue weighted by atomic mass is 35.5. The lowest BCUT2D eigenvalue weighted by Gasteiger charge is -2.14. The van der Waals surface area contributed by atoms with Crippen LogP contribution in [0.3, 0.4) is 0 Å². The molecule has 2 heterocycles. The van der Waals surface area contributed by atoms with Crippen molar-refractivity contribution >= 4 is 33.2 Å². The van der Waals surface area contributed by atoms with Crippen molar-refractivity contribution in [3.8, 4) is 11.1 Å². The number of halogens is 3. The maximum absolute atomic E-state index is 13.4. The molecule has 0 saturated carbocycles. The molecule has 2 N–H and O–H groups in total. The van der Waals surface area contributed by atoms with Crippen LogP contribution in [0.4, 0.5) is 8.78 Å². The number of rotatable bonds is 5. The van der Waals surface area contributed by atoms with Gasteiger partial charge in [-0.1, -0.05) is 35.9 Å². The second-order valence-electron chi connectivity index (χ2n) is 6.60. The predicted molar refractivity (Wildman–Crippen MR) is 112 cm³/mol. The number of thiophene rings is 1. The number of aromatic amines is 1. The van der Waals surface area contributed by atoms with Crippen molar-refractivity contribution in [3.05, 3.63) is 86.2 Å². The summed E-state index contributed by atoms with van der Waals surface area (Å²) in [5.41, 5.74) is 1.89. The first kappa shape index (κ1) is 19.7. The minimum Gasteiger partial charge on any atom is -0.309 e. The van der Waals surface area contributed by atoms with E-state index in [-0.39, 0.29) is 18.1 Å². The van der Waals surface area contributed by atoms with Crippen LogP contribution < -0.4 is 10.9 Å². The molecule has 1 atom stereocenters. The fraction of sp³-hybridized carbons (Fsp3) is 0.143. The minimum absolute atomic E-state index is 0.247. The van der Waals surface area contributed by atoms with Gasteiger partial charge in [0.25, 0.3) is 5.56 Å². The van der Waals surface area contributed by atoms with Crippen LogP contribution in [-0.2, 0) is 6.54 Å². The Morgan fingerprint density at radius 3 is 2.72 bits per heavy atom.